The first-order chi connectivity index (χ1) is 26.7. The molecule has 4 saturated heterocycles. The Balaban J connectivity index is 0.781. The second-order valence-electron chi connectivity index (χ2n) is 15.2. The lowest BCUT2D eigenvalue weighted by Crippen LogP contribution is -2.56. The number of piperidine rings is 3. The van der Waals surface area contributed by atoms with E-state index >= 15 is 0 Å². The number of anilines is 1. The summed E-state index contributed by atoms with van der Waals surface area (Å²) in [6.07, 6.45) is 1.65. The lowest BCUT2D eigenvalue weighted by Gasteiger charge is -2.43. The van der Waals surface area contributed by atoms with Crippen LogP contribution in [-0.2, 0) is 39.6 Å². The molecule has 2 N–H and O–H groups in total. The van der Waals surface area contributed by atoms with Crippen LogP contribution in [0.1, 0.15) is 60.0 Å². The van der Waals surface area contributed by atoms with Crippen LogP contribution in [0.5, 0.6) is 5.75 Å². The van der Waals surface area contributed by atoms with Crippen molar-refractivity contribution in [3.05, 3.63) is 53.5 Å². The van der Waals surface area contributed by atoms with Crippen LogP contribution in [-0.4, -0.2) is 128 Å². The van der Waals surface area contributed by atoms with Crippen LogP contribution in [0.2, 0.25) is 0 Å². The minimum atomic E-state index is -4.65. The second-order valence-corrected chi connectivity index (χ2v) is 17.1. The number of fused-ring (bicyclic) bond motifs is 1. The van der Waals surface area contributed by atoms with Crippen LogP contribution in [0.4, 0.5) is 19.1 Å². The molecule has 0 bridgehead atoms. The zero-order chi connectivity index (χ0) is 39.4. The molecule has 7 heterocycles. The first-order valence-corrected chi connectivity index (χ1v) is 20.2. The highest BCUT2D eigenvalue weighted by Gasteiger charge is 2.42. The topological polar surface area (TPSA) is 175 Å². The number of halogens is 3. The Hall–Kier alpha value is -4.66. The fourth-order valence-electron chi connectivity index (χ4n) is 8.28. The van der Waals surface area contributed by atoms with E-state index in [0.29, 0.717) is 62.7 Å². The Kier molecular flexibility index (Phi) is 10.2. The Morgan fingerprint density at radius 3 is 2.36 bits per heavy atom. The Labute approximate surface area is 321 Å². The fraction of sp³-hybridized carbons (Fsp3) is 0.556. The molecule has 16 nitrogen and oxygen atoms in total. The van der Waals surface area contributed by atoms with Gasteiger partial charge in [0.05, 0.1) is 18.4 Å². The van der Waals surface area contributed by atoms with Gasteiger partial charge < -0.3 is 15.0 Å². The third-order valence-electron chi connectivity index (χ3n) is 11.4. The van der Waals surface area contributed by atoms with Gasteiger partial charge in [0.15, 0.2) is 0 Å². The number of carbonyl (C=O) groups is 3. The molecule has 1 aromatic carbocycles. The number of rotatable bonds is 10. The van der Waals surface area contributed by atoms with Gasteiger partial charge >= 0.3 is 6.18 Å². The van der Waals surface area contributed by atoms with Crippen LogP contribution in [0.3, 0.4) is 0 Å². The van der Waals surface area contributed by atoms with Crippen molar-refractivity contribution in [1.29, 1.82) is 0 Å². The normalized spacial score (nSPS) is 22.6. The maximum atomic E-state index is 13.7. The summed E-state index contributed by atoms with van der Waals surface area (Å²) in [5.74, 6) is -0.0324. The number of hydrogen-bond acceptors (Lipinski definition) is 11. The largest absolute Gasteiger partial charge is 0.487 e. The SMILES string of the molecule is Cn1cc(-c2nc(NC3CCN(S(=O)(=O)N4CCC(CN5CC(Oc6cccc7c6CN(C6CCC(=O)NC6=O)C7=O)C5)CC4)CC3)ncc2C(F)(F)F)cn1. The van der Waals surface area contributed by atoms with Crippen molar-refractivity contribution < 1.29 is 40.7 Å². The van der Waals surface area contributed by atoms with Crippen molar-refractivity contribution in [1.82, 2.24) is 43.5 Å². The first kappa shape index (κ1) is 38.2. The molecule has 3 aromatic rings. The number of likely N-dealkylation sites (tertiary alicyclic amines) is 1. The number of ether oxygens (including phenoxy) is 1. The van der Waals surface area contributed by atoms with Crippen LogP contribution in [0, 0.1) is 5.92 Å². The molecule has 0 radical (unpaired) electrons. The summed E-state index contributed by atoms with van der Waals surface area (Å²) in [6, 6.07) is 4.44. The van der Waals surface area contributed by atoms with E-state index in [-0.39, 0.29) is 67.2 Å². The van der Waals surface area contributed by atoms with Crippen LogP contribution in [0.15, 0.2) is 36.8 Å². The van der Waals surface area contributed by atoms with Crippen molar-refractivity contribution >= 4 is 33.9 Å². The monoisotopic (exact) mass is 800 g/mol. The van der Waals surface area contributed by atoms with Gasteiger partial charge in [-0.15, -0.1) is 0 Å². The van der Waals surface area contributed by atoms with Gasteiger partial charge in [-0.25, -0.2) is 9.97 Å². The fourth-order valence-corrected chi connectivity index (χ4v) is 9.95. The van der Waals surface area contributed by atoms with Gasteiger partial charge in [0.1, 0.15) is 23.5 Å². The molecule has 2 aromatic heterocycles. The van der Waals surface area contributed by atoms with Crippen LogP contribution >= 0.6 is 0 Å². The molecule has 1 atom stereocenters. The van der Waals surface area contributed by atoms with E-state index in [0.717, 1.165) is 31.1 Å². The number of imide groups is 1. The molecule has 56 heavy (non-hydrogen) atoms. The molecule has 8 rings (SSSR count). The smallest absolute Gasteiger partial charge is 0.419 e. The number of benzene rings is 1. The zero-order valence-electron chi connectivity index (χ0n) is 30.7. The molecule has 0 spiro atoms. The molecule has 5 aliphatic heterocycles. The average molecular weight is 801 g/mol. The highest BCUT2D eigenvalue weighted by atomic mass is 32.2. The number of hydrogen-bond donors (Lipinski definition) is 2. The van der Waals surface area contributed by atoms with Gasteiger partial charge in [-0.2, -0.15) is 35.3 Å². The van der Waals surface area contributed by atoms with Crippen molar-refractivity contribution in [2.45, 2.75) is 69.4 Å². The molecule has 300 valence electrons. The van der Waals surface area contributed by atoms with Crippen molar-refractivity contribution in [3.63, 3.8) is 0 Å². The number of nitrogens with zero attached hydrogens (tertiary/aromatic N) is 8. The maximum Gasteiger partial charge on any atom is 0.419 e. The van der Waals surface area contributed by atoms with Gasteiger partial charge in [-0.1, -0.05) is 6.07 Å². The number of aryl methyl sites for hydroxylation is 1. The van der Waals surface area contributed by atoms with E-state index in [1.807, 2.05) is 6.07 Å². The second kappa shape index (κ2) is 15.0. The van der Waals surface area contributed by atoms with E-state index in [9.17, 15) is 36.0 Å². The standard InChI is InChI=1S/C36H43F3N10O6S/c1-45-18-23(15-41-45)32-28(36(37,38)39)16-40-35(44-32)42-24-9-13-48(14-10-24)56(53,54)47-11-7-22(8-12-47)17-46-19-25(20-46)55-30-4-2-3-26-27(30)21-49(34(26)52)29-5-6-31(50)43-33(29)51/h2-4,15-16,18,22,24-25,29H,5-14,17,19-21H2,1H3,(H,40,42,44)(H,43,50,51). The summed E-state index contributed by atoms with van der Waals surface area (Å²) < 4.78 is 79.1. The van der Waals surface area contributed by atoms with Gasteiger partial charge in [-0.05, 0) is 50.2 Å². The molecule has 4 fully saturated rings. The van der Waals surface area contributed by atoms with E-state index in [4.69, 9.17) is 4.74 Å². The Morgan fingerprint density at radius 1 is 0.982 bits per heavy atom. The third kappa shape index (κ3) is 7.70. The number of carbonyl (C=O) groups excluding carboxylic acids is 3. The van der Waals surface area contributed by atoms with E-state index in [1.165, 1.54) is 26.3 Å². The van der Waals surface area contributed by atoms with E-state index in [2.05, 4.69) is 30.6 Å². The molecule has 3 amide bonds. The minimum Gasteiger partial charge on any atom is -0.487 e. The van der Waals surface area contributed by atoms with Crippen LogP contribution in [0.25, 0.3) is 11.3 Å². The summed E-state index contributed by atoms with van der Waals surface area (Å²) >= 11 is 0. The lowest BCUT2D eigenvalue weighted by atomic mass is 9.96. The zero-order valence-corrected chi connectivity index (χ0v) is 31.6. The molecule has 5 aliphatic rings. The molecule has 0 saturated carbocycles. The number of amides is 3. The van der Waals surface area contributed by atoms with E-state index in [1.54, 1.807) is 23.5 Å². The Bertz CT molecular complexity index is 2110. The molecule has 20 heteroatoms. The first-order valence-electron chi connectivity index (χ1n) is 18.8. The summed E-state index contributed by atoms with van der Waals surface area (Å²) in [7, 11) is -2.08. The quantitative estimate of drug-likeness (QED) is 0.288. The van der Waals surface area contributed by atoms with Crippen molar-refractivity contribution in [2.24, 2.45) is 13.0 Å². The summed E-state index contributed by atoms with van der Waals surface area (Å²) in [5.41, 5.74) is 0.237. The number of aromatic nitrogens is 4. The maximum absolute atomic E-state index is 13.7. The molecule has 1 unspecified atom stereocenters. The van der Waals surface area contributed by atoms with Gasteiger partial charge in [0, 0.05) is 94.4 Å². The lowest BCUT2D eigenvalue weighted by molar-refractivity contribution is -0.138. The highest BCUT2D eigenvalue weighted by Crippen LogP contribution is 2.37. The van der Waals surface area contributed by atoms with Gasteiger partial charge in [0.25, 0.3) is 16.1 Å². The average Bonchev–Trinajstić information content (AvgIpc) is 3.73. The summed E-state index contributed by atoms with van der Waals surface area (Å²) in [5, 5.41) is 9.40. The molecular weight excluding hydrogens is 758 g/mol. The van der Waals surface area contributed by atoms with E-state index < -0.39 is 33.9 Å². The van der Waals surface area contributed by atoms with Gasteiger partial charge in [0.2, 0.25) is 17.8 Å². The third-order valence-corrected chi connectivity index (χ3v) is 13.4. The number of alkyl halides is 3. The van der Waals surface area contributed by atoms with Crippen LogP contribution < -0.4 is 15.4 Å². The van der Waals surface area contributed by atoms with Crippen molar-refractivity contribution in [2.75, 3.05) is 51.1 Å². The number of nitrogens with one attached hydrogen (secondary N) is 2. The molecule has 0 aliphatic carbocycles. The van der Waals surface area contributed by atoms with Gasteiger partial charge in [-0.3, -0.25) is 29.3 Å². The predicted molar refractivity (Wildman–Crippen MR) is 194 cm³/mol. The summed E-state index contributed by atoms with van der Waals surface area (Å²) in [4.78, 5) is 49.1. The van der Waals surface area contributed by atoms with Crippen molar-refractivity contribution in [3.8, 4) is 17.0 Å². The summed E-state index contributed by atoms with van der Waals surface area (Å²) in [6.45, 7) is 3.85. The predicted octanol–water partition coefficient (Wildman–Crippen LogP) is 2.25. The Morgan fingerprint density at radius 2 is 1.70 bits per heavy atom. The molecular formula is C36H43F3N10O6S. The minimum absolute atomic E-state index is 0.0405. The highest BCUT2D eigenvalue weighted by molar-refractivity contribution is 7.86.